The Labute approximate surface area is 201 Å². The highest BCUT2D eigenvalue weighted by molar-refractivity contribution is 9.10. The summed E-state index contributed by atoms with van der Waals surface area (Å²) in [5.74, 6) is 0.0419. The van der Waals surface area contributed by atoms with Crippen LogP contribution in [0.5, 0.6) is 11.5 Å². The molecule has 0 fully saturated rings. The number of carbonyl (C=O) groups excluding carboxylic acids is 2. The van der Waals surface area contributed by atoms with Crippen LogP contribution in [0.1, 0.15) is 12.5 Å². The minimum absolute atomic E-state index is 0.138. The Hall–Kier alpha value is -2.79. The van der Waals surface area contributed by atoms with Crippen molar-refractivity contribution in [2.24, 2.45) is 0 Å². The van der Waals surface area contributed by atoms with Crippen LogP contribution in [0.4, 0.5) is 5.69 Å². The van der Waals surface area contributed by atoms with Gasteiger partial charge in [-0.2, -0.15) is 0 Å². The number of benzene rings is 2. The van der Waals surface area contributed by atoms with Crippen molar-refractivity contribution in [2.75, 3.05) is 37.4 Å². The lowest BCUT2D eigenvalue weighted by Gasteiger charge is -2.31. The third-order valence-electron chi connectivity index (χ3n) is 5.17. The SMILES string of the molecule is CNC(=O)C(C)N(Cc1ccc(Br)cc1)C(=O)CN(c1ccc2c(c1)OCCO2)S(C)(=O)=O. The van der Waals surface area contributed by atoms with Crippen LogP contribution in [0.25, 0.3) is 0 Å². The molecule has 3 rings (SSSR count). The third kappa shape index (κ3) is 6.17. The fourth-order valence-corrected chi connectivity index (χ4v) is 4.48. The highest BCUT2D eigenvalue weighted by Gasteiger charge is 2.30. The third-order valence-corrected chi connectivity index (χ3v) is 6.84. The van der Waals surface area contributed by atoms with Crippen LogP contribution in [-0.2, 0) is 26.2 Å². The first kappa shape index (κ1) is 24.8. The second-order valence-electron chi connectivity index (χ2n) is 7.54. The maximum atomic E-state index is 13.4. The Morgan fingerprint density at radius 3 is 2.33 bits per heavy atom. The van der Waals surface area contributed by atoms with Gasteiger partial charge in [0.15, 0.2) is 11.5 Å². The molecule has 0 bridgehead atoms. The number of ether oxygens (including phenoxy) is 2. The Morgan fingerprint density at radius 2 is 1.73 bits per heavy atom. The molecule has 1 N–H and O–H groups in total. The normalized spacial score (nSPS) is 13.7. The largest absolute Gasteiger partial charge is 0.486 e. The van der Waals surface area contributed by atoms with Gasteiger partial charge in [0.05, 0.1) is 11.9 Å². The number of hydrogen-bond donors (Lipinski definition) is 1. The molecule has 1 unspecified atom stereocenters. The molecule has 2 aromatic rings. The summed E-state index contributed by atoms with van der Waals surface area (Å²) in [5, 5.41) is 2.54. The maximum absolute atomic E-state index is 13.4. The molecule has 0 radical (unpaired) electrons. The van der Waals surface area contributed by atoms with Gasteiger partial charge < -0.3 is 19.7 Å². The zero-order valence-corrected chi connectivity index (χ0v) is 21.0. The highest BCUT2D eigenvalue weighted by Crippen LogP contribution is 2.34. The summed E-state index contributed by atoms with van der Waals surface area (Å²) in [6.07, 6.45) is 1.03. The van der Waals surface area contributed by atoms with E-state index in [9.17, 15) is 18.0 Å². The summed E-state index contributed by atoms with van der Waals surface area (Å²) >= 11 is 3.37. The molecule has 0 aromatic heterocycles. The number of anilines is 1. The van der Waals surface area contributed by atoms with E-state index in [4.69, 9.17) is 9.47 Å². The first-order valence-electron chi connectivity index (χ1n) is 10.2. The fraction of sp³-hybridized carbons (Fsp3) is 0.364. The van der Waals surface area contributed by atoms with Crippen molar-refractivity contribution >= 4 is 43.5 Å². The van der Waals surface area contributed by atoms with Crippen molar-refractivity contribution in [1.29, 1.82) is 0 Å². The van der Waals surface area contributed by atoms with Crippen LogP contribution in [0.15, 0.2) is 46.9 Å². The molecule has 1 atom stereocenters. The molecule has 0 saturated heterocycles. The lowest BCUT2D eigenvalue weighted by Crippen LogP contribution is -2.50. The second-order valence-corrected chi connectivity index (χ2v) is 10.4. The minimum Gasteiger partial charge on any atom is -0.486 e. The minimum atomic E-state index is -3.82. The standard InChI is InChI=1S/C22H26BrN3O6S/c1-15(22(28)24-2)25(13-16-4-6-17(23)7-5-16)21(27)14-26(33(3,29)30)18-8-9-19-20(12-18)32-11-10-31-19/h4-9,12,15H,10-11,13-14H2,1-3H3,(H,24,28). The van der Waals surface area contributed by atoms with E-state index in [1.807, 2.05) is 24.3 Å². The number of likely N-dealkylation sites (N-methyl/N-ethyl adjacent to an activating group) is 1. The Morgan fingerprint density at radius 1 is 1.09 bits per heavy atom. The summed E-state index contributed by atoms with van der Waals surface area (Å²) in [6.45, 7) is 2.02. The number of rotatable bonds is 8. The predicted octanol–water partition coefficient (Wildman–Crippen LogP) is 2.15. The van der Waals surface area contributed by atoms with Crippen molar-refractivity contribution in [3.8, 4) is 11.5 Å². The van der Waals surface area contributed by atoms with Crippen LogP contribution in [0.3, 0.4) is 0 Å². The topological polar surface area (TPSA) is 105 Å². The number of amides is 2. The van der Waals surface area contributed by atoms with Gasteiger partial charge in [-0.1, -0.05) is 28.1 Å². The molecule has 33 heavy (non-hydrogen) atoms. The average molecular weight is 540 g/mol. The zero-order chi connectivity index (χ0) is 24.2. The van der Waals surface area contributed by atoms with Crippen LogP contribution < -0.4 is 19.1 Å². The summed E-state index contributed by atoms with van der Waals surface area (Å²) in [7, 11) is -2.34. The van der Waals surface area contributed by atoms with E-state index in [-0.39, 0.29) is 18.1 Å². The molecule has 2 aromatic carbocycles. The summed E-state index contributed by atoms with van der Waals surface area (Å²) in [6, 6.07) is 11.2. The molecule has 11 heteroatoms. The average Bonchev–Trinajstić information content (AvgIpc) is 2.80. The van der Waals surface area contributed by atoms with Gasteiger partial charge in [0.1, 0.15) is 25.8 Å². The van der Waals surface area contributed by atoms with Gasteiger partial charge in [-0.15, -0.1) is 0 Å². The second kappa shape index (κ2) is 10.4. The number of hydrogen-bond acceptors (Lipinski definition) is 6. The van der Waals surface area contributed by atoms with Gasteiger partial charge in [0.2, 0.25) is 21.8 Å². The van der Waals surface area contributed by atoms with Gasteiger partial charge in [-0.3, -0.25) is 13.9 Å². The molecule has 178 valence electrons. The van der Waals surface area contributed by atoms with Crippen LogP contribution in [0.2, 0.25) is 0 Å². The highest BCUT2D eigenvalue weighted by atomic mass is 79.9. The molecular weight excluding hydrogens is 514 g/mol. The van der Waals surface area contributed by atoms with Crippen molar-refractivity contribution < 1.29 is 27.5 Å². The van der Waals surface area contributed by atoms with Gasteiger partial charge in [-0.25, -0.2) is 8.42 Å². The number of nitrogens with zero attached hydrogens (tertiary/aromatic N) is 2. The number of carbonyl (C=O) groups is 2. The maximum Gasteiger partial charge on any atom is 0.244 e. The first-order chi connectivity index (χ1) is 15.6. The molecule has 0 aliphatic carbocycles. The fourth-order valence-electron chi connectivity index (χ4n) is 3.38. The molecule has 1 aliphatic heterocycles. The lowest BCUT2D eigenvalue weighted by molar-refractivity contribution is -0.139. The Balaban J connectivity index is 1.91. The van der Waals surface area contributed by atoms with Crippen molar-refractivity contribution in [1.82, 2.24) is 10.2 Å². The van der Waals surface area contributed by atoms with Gasteiger partial charge >= 0.3 is 0 Å². The predicted molar refractivity (Wildman–Crippen MR) is 128 cm³/mol. The van der Waals surface area contributed by atoms with Crippen LogP contribution >= 0.6 is 15.9 Å². The van der Waals surface area contributed by atoms with E-state index in [2.05, 4.69) is 21.2 Å². The molecule has 9 nitrogen and oxygen atoms in total. The van der Waals surface area contributed by atoms with Crippen molar-refractivity contribution in [3.63, 3.8) is 0 Å². The summed E-state index contributed by atoms with van der Waals surface area (Å²) in [4.78, 5) is 27.1. The Kier molecular flexibility index (Phi) is 7.85. The van der Waals surface area contributed by atoms with E-state index in [0.29, 0.717) is 24.7 Å². The molecular formula is C22H26BrN3O6S. The summed E-state index contributed by atoms with van der Waals surface area (Å²) in [5.41, 5.74) is 1.07. The first-order valence-corrected chi connectivity index (χ1v) is 12.9. The van der Waals surface area contributed by atoms with Crippen LogP contribution in [0, 0.1) is 0 Å². The molecule has 1 heterocycles. The Bertz CT molecular complexity index is 1120. The van der Waals surface area contributed by atoms with Crippen LogP contribution in [-0.4, -0.2) is 64.2 Å². The van der Waals surface area contributed by atoms with E-state index in [1.165, 1.54) is 18.0 Å². The van der Waals surface area contributed by atoms with E-state index < -0.39 is 28.5 Å². The number of nitrogens with one attached hydrogen (secondary N) is 1. The van der Waals surface area contributed by atoms with Crippen molar-refractivity contribution in [3.05, 3.63) is 52.5 Å². The molecule has 2 amide bonds. The number of fused-ring (bicyclic) bond motifs is 1. The van der Waals surface area contributed by atoms with Gasteiger partial charge in [0.25, 0.3) is 0 Å². The monoisotopic (exact) mass is 539 g/mol. The number of sulfonamides is 1. The summed E-state index contributed by atoms with van der Waals surface area (Å²) < 4.78 is 38.1. The molecule has 0 saturated carbocycles. The molecule has 1 aliphatic rings. The quantitative estimate of drug-likeness (QED) is 0.551. The van der Waals surface area contributed by atoms with E-state index in [1.54, 1.807) is 19.1 Å². The smallest absolute Gasteiger partial charge is 0.244 e. The van der Waals surface area contributed by atoms with Gasteiger partial charge in [0, 0.05) is 24.1 Å². The van der Waals surface area contributed by atoms with E-state index >= 15 is 0 Å². The lowest BCUT2D eigenvalue weighted by atomic mass is 10.1. The van der Waals surface area contributed by atoms with Crippen molar-refractivity contribution in [2.45, 2.75) is 19.5 Å². The van der Waals surface area contributed by atoms with Gasteiger partial charge in [-0.05, 0) is 36.8 Å². The van der Waals surface area contributed by atoms with E-state index in [0.717, 1.165) is 20.6 Å². The number of halogens is 1. The molecule has 0 spiro atoms. The zero-order valence-electron chi connectivity index (χ0n) is 18.6.